The monoisotopic (exact) mass is 234 g/mol. The van der Waals surface area contributed by atoms with E-state index in [2.05, 4.69) is 11.3 Å². The minimum atomic E-state index is -0.492. The summed E-state index contributed by atoms with van der Waals surface area (Å²) in [5.41, 5.74) is 1.31. The second kappa shape index (κ2) is 5.84. The van der Waals surface area contributed by atoms with Gasteiger partial charge < -0.3 is 9.47 Å². The molecule has 0 aliphatic rings. The Kier molecular flexibility index (Phi) is 4.46. The van der Waals surface area contributed by atoms with Crippen LogP contribution in [0.1, 0.15) is 22.8 Å². The van der Waals surface area contributed by atoms with Crippen molar-refractivity contribution in [1.82, 2.24) is 0 Å². The molecule has 1 aromatic rings. The molecule has 0 aliphatic carbocycles. The van der Waals surface area contributed by atoms with E-state index in [1.807, 2.05) is 0 Å². The molecule has 0 saturated carbocycles. The fourth-order valence-electron chi connectivity index (χ4n) is 1.26. The number of carbonyl (C=O) groups excluding carboxylic acids is 2. The molecule has 0 aliphatic heterocycles. The van der Waals surface area contributed by atoms with Crippen molar-refractivity contribution in [1.29, 1.82) is 0 Å². The van der Waals surface area contributed by atoms with Gasteiger partial charge in [-0.3, -0.25) is 0 Å². The summed E-state index contributed by atoms with van der Waals surface area (Å²) >= 11 is 0. The fraction of sp³-hybridized carbons (Fsp3) is 0.231. The van der Waals surface area contributed by atoms with Crippen LogP contribution in [0.15, 0.2) is 30.8 Å². The van der Waals surface area contributed by atoms with Crippen molar-refractivity contribution in [2.75, 3.05) is 13.7 Å². The molecule has 0 radical (unpaired) electrons. The van der Waals surface area contributed by atoms with E-state index in [0.29, 0.717) is 17.7 Å². The molecule has 17 heavy (non-hydrogen) atoms. The number of rotatable bonds is 4. The highest BCUT2D eigenvalue weighted by molar-refractivity contribution is 6.15. The summed E-state index contributed by atoms with van der Waals surface area (Å²) in [6.45, 7) is 5.69. The Hall–Kier alpha value is -2.10. The summed E-state index contributed by atoms with van der Waals surface area (Å²) in [4.78, 5) is 22.6. The van der Waals surface area contributed by atoms with Gasteiger partial charge in [0, 0.05) is 0 Å². The van der Waals surface area contributed by atoms with Gasteiger partial charge in [-0.15, -0.1) is 0 Å². The molecule has 4 heteroatoms. The molecule has 0 saturated heterocycles. The van der Waals surface area contributed by atoms with Gasteiger partial charge in [-0.25, -0.2) is 9.59 Å². The third kappa shape index (κ3) is 3.17. The molecule has 0 amide bonds. The van der Waals surface area contributed by atoms with Crippen LogP contribution in [0.25, 0.3) is 5.57 Å². The van der Waals surface area contributed by atoms with Crippen LogP contribution >= 0.6 is 0 Å². The van der Waals surface area contributed by atoms with Crippen LogP contribution in [0, 0.1) is 0 Å². The first-order valence-electron chi connectivity index (χ1n) is 5.15. The molecule has 4 nitrogen and oxygen atoms in total. The van der Waals surface area contributed by atoms with Crippen molar-refractivity contribution >= 4 is 17.5 Å². The average Bonchev–Trinajstić information content (AvgIpc) is 2.37. The van der Waals surface area contributed by atoms with E-state index in [9.17, 15) is 9.59 Å². The van der Waals surface area contributed by atoms with Gasteiger partial charge in [-0.1, -0.05) is 18.7 Å². The van der Waals surface area contributed by atoms with Gasteiger partial charge in [0.15, 0.2) is 0 Å². The molecule has 0 fully saturated rings. The highest BCUT2D eigenvalue weighted by Gasteiger charge is 2.11. The zero-order chi connectivity index (χ0) is 12.8. The van der Waals surface area contributed by atoms with Crippen molar-refractivity contribution in [3.63, 3.8) is 0 Å². The molecule has 0 spiro atoms. The maximum atomic E-state index is 11.4. The largest absolute Gasteiger partial charge is 0.465 e. The lowest BCUT2D eigenvalue weighted by atomic mass is 10.1. The molecule has 0 heterocycles. The number of carbonyl (C=O) groups is 2. The highest BCUT2D eigenvalue weighted by Crippen LogP contribution is 2.15. The first-order valence-corrected chi connectivity index (χ1v) is 5.15. The second-order valence-corrected chi connectivity index (χ2v) is 3.27. The third-order valence-electron chi connectivity index (χ3n) is 2.18. The lowest BCUT2D eigenvalue weighted by Crippen LogP contribution is -2.06. The molecule has 0 aromatic heterocycles. The standard InChI is InChI=1S/C13H14O4/c1-4-17-13(15)11-7-5-10(6-8-11)9(2)12(14)16-3/h5-8H,2,4H2,1,3H3. The van der Waals surface area contributed by atoms with E-state index >= 15 is 0 Å². The van der Waals surface area contributed by atoms with Gasteiger partial charge in [-0.2, -0.15) is 0 Å². The Morgan fingerprint density at radius 3 is 2.18 bits per heavy atom. The quantitative estimate of drug-likeness (QED) is 0.591. The van der Waals surface area contributed by atoms with Crippen LogP contribution in [0.3, 0.4) is 0 Å². The van der Waals surface area contributed by atoms with Gasteiger partial charge in [0.25, 0.3) is 0 Å². The molecular formula is C13H14O4. The molecule has 0 atom stereocenters. The average molecular weight is 234 g/mol. The predicted octanol–water partition coefficient (Wildman–Crippen LogP) is 2.05. The molecule has 1 aromatic carbocycles. The molecule has 0 bridgehead atoms. The van der Waals surface area contributed by atoms with Crippen molar-refractivity contribution < 1.29 is 19.1 Å². The van der Waals surface area contributed by atoms with E-state index in [4.69, 9.17) is 4.74 Å². The minimum absolute atomic E-state index is 0.253. The summed E-state index contributed by atoms with van der Waals surface area (Å²) in [5.74, 6) is -0.878. The van der Waals surface area contributed by atoms with Gasteiger partial charge in [-0.05, 0) is 24.6 Å². The third-order valence-corrected chi connectivity index (χ3v) is 2.18. The number of methoxy groups -OCH3 is 1. The Labute approximate surface area is 99.8 Å². The van der Waals surface area contributed by atoms with Gasteiger partial charge in [0.05, 0.1) is 24.9 Å². The van der Waals surface area contributed by atoms with Crippen LogP contribution in [0.4, 0.5) is 0 Å². The van der Waals surface area contributed by atoms with Crippen LogP contribution in [-0.2, 0) is 14.3 Å². The molecule has 90 valence electrons. The first kappa shape index (κ1) is 13.0. The SMILES string of the molecule is C=C(C(=O)OC)c1ccc(C(=O)OCC)cc1. The summed E-state index contributed by atoms with van der Waals surface area (Å²) in [7, 11) is 1.29. The van der Waals surface area contributed by atoms with E-state index in [0.717, 1.165) is 0 Å². The predicted molar refractivity (Wildman–Crippen MR) is 63.4 cm³/mol. The summed E-state index contributed by atoms with van der Waals surface area (Å²) in [5, 5.41) is 0. The Morgan fingerprint density at radius 1 is 1.18 bits per heavy atom. The number of hydrogen-bond donors (Lipinski definition) is 0. The molecular weight excluding hydrogens is 220 g/mol. The lowest BCUT2D eigenvalue weighted by molar-refractivity contribution is -0.133. The van der Waals surface area contributed by atoms with Crippen molar-refractivity contribution in [2.24, 2.45) is 0 Å². The number of hydrogen-bond acceptors (Lipinski definition) is 4. The Balaban J connectivity index is 2.85. The number of benzene rings is 1. The van der Waals surface area contributed by atoms with Gasteiger partial charge in [0.1, 0.15) is 0 Å². The van der Waals surface area contributed by atoms with Crippen molar-refractivity contribution in [3.05, 3.63) is 42.0 Å². The van der Waals surface area contributed by atoms with Crippen LogP contribution < -0.4 is 0 Å². The summed E-state index contributed by atoms with van der Waals surface area (Å²) < 4.78 is 9.40. The van der Waals surface area contributed by atoms with E-state index in [-0.39, 0.29) is 11.5 Å². The molecule has 1 rings (SSSR count). The Bertz CT molecular complexity index is 431. The summed E-state index contributed by atoms with van der Waals surface area (Å²) in [6, 6.07) is 6.43. The van der Waals surface area contributed by atoms with E-state index in [1.165, 1.54) is 7.11 Å². The van der Waals surface area contributed by atoms with E-state index < -0.39 is 5.97 Å². The highest BCUT2D eigenvalue weighted by atomic mass is 16.5. The van der Waals surface area contributed by atoms with Gasteiger partial charge in [0.2, 0.25) is 0 Å². The number of esters is 2. The van der Waals surface area contributed by atoms with Crippen molar-refractivity contribution in [3.8, 4) is 0 Å². The topological polar surface area (TPSA) is 52.6 Å². The van der Waals surface area contributed by atoms with Crippen molar-refractivity contribution in [2.45, 2.75) is 6.92 Å². The normalized spacial score (nSPS) is 9.53. The first-order chi connectivity index (χ1) is 8.10. The Morgan fingerprint density at radius 2 is 1.71 bits per heavy atom. The zero-order valence-electron chi connectivity index (χ0n) is 9.86. The smallest absolute Gasteiger partial charge is 0.338 e. The summed E-state index contributed by atoms with van der Waals surface area (Å²) in [6.07, 6.45) is 0. The van der Waals surface area contributed by atoms with Gasteiger partial charge >= 0.3 is 11.9 Å². The second-order valence-electron chi connectivity index (χ2n) is 3.27. The fourth-order valence-corrected chi connectivity index (χ4v) is 1.26. The minimum Gasteiger partial charge on any atom is -0.465 e. The van der Waals surface area contributed by atoms with Crippen LogP contribution in [0.5, 0.6) is 0 Å². The number of ether oxygens (including phenoxy) is 2. The maximum absolute atomic E-state index is 11.4. The molecule has 0 unspecified atom stereocenters. The lowest BCUT2D eigenvalue weighted by Gasteiger charge is -2.05. The van der Waals surface area contributed by atoms with E-state index in [1.54, 1.807) is 31.2 Å². The maximum Gasteiger partial charge on any atom is 0.338 e. The van der Waals surface area contributed by atoms with Crippen LogP contribution in [-0.4, -0.2) is 25.7 Å². The molecule has 0 N–H and O–H groups in total. The van der Waals surface area contributed by atoms with Crippen LogP contribution in [0.2, 0.25) is 0 Å². The zero-order valence-corrected chi connectivity index (χ0v) is 9.86.